The number of nitrogens with zero attached hydrogens (tertiary/aromatic N) is 1. The summed E-state index contributed by atoms with van der Waals surface area (Å²) in [7, 11) is 0. The van der Waals surface area contributed by atoms with Crippen molar-refractivity contribution in [2.24, 2.45) is 4.99 Å². The molecular weight excluding hydrogens is 158 g/mol. The number of isocyanates is 1. The van der Waals surface area contributed by atoms with Gasteiger partial charge in [-0.15, -0.1) is 0 Å². The zero-order chi connectivity index (χ0) is 9.40. The SMILES string of the molecule is CCCOC(=O)C(C)=CN=C=O. The Balaban J connectivity index is 4.00. The molecule has 0 aliphatic carbocycles. The molecule has 4 heteroatoms. The van der Waals surface area contributed by atoms with Gasteiger partial charge in [0.25, 0.3) is 0 Å². The molecule has 0 rings (SSSR count). The second kappa shape index (κ2) is 6.31. The van der Waals surface area contributed by atoms with Crippen LogP contribution >= 0.6 is 0 Å². The van der Waals surface area contributed by atoms with Crippen molar-refractivity contribution in [3.05, 3.63) is 11.8 Å². The van der Waals surface area contributed by atoms with Crippen molar-refractivity contribution in [1.29, 1.82) is 0 Å². The molecule has 0 radical (unpaired) electrons. The molecule has 0 aromatic heterocycles. The zero-order valence-corrected chi connectivity index (χ0v) is 7.16. The van der Waals surface area contributed by atoms with Gasteiger partial charge in [0.2, 0.25) is 6.08 Å². The van der Waals surface area contributed by atoms with Crippen molar-refractivity contribution in [2.45, 2.75) is 20.3 Å². The Kier molecular flexibility index (Phi) is 5.57. The fourth-order valence-corrected chi connectivity index (χ4v) is 0.484. The summed E-state index contributed by atoms with van der Waals surface area (Å²) in [6, 6.07) is 0. The highest BCUT2D eigenvalue weighted by Gasteiger charge is 2.03. The standard InChI is InChI=1S/C8H11NO3/c1-3-4-12-8(11)7(2)5-9-6-10/h5H,3-4H2,1-2H3. The van der Waals surface area contributed by atoms with E-state index < -0.39 is 5.97 Å². The van der Waals surface area contributed by atoms with Crippen LogP contribution in [0.25, 0.3) is 0 Å². The third-order valence-electron chi connectivity index (χ3n) is 1.07. The lowest BCUT2D eigenvalue weighted by Crippen LogP contribution is -2.05. The maximum atomic E-state index is 10.9. The van der Waals surface area contributed by atoms with Gasteiger partial charge in [-0.3, -0.25) is 0 Å². The summed E-state index contributed by atoms with van der Waals surface area (Å²) in [6.07, 6.45) is 3.20. The lowest BCUT2D eigenvalue weighted by molar-refractivity contribution is -0.138. The minimum atomic E-state index is -0.448. The number of ether oxygens (including phenoxy) is 1. The van der Waals surface area contributed by atoms with E-state index >= 15 is 0 Å². The van der Waals surface area contributed by atoms with Gasteiger partial charge in [0.1, 0.15) is 0 Å². The van der Waals surface area contributed by atoms with E-state index in [1.807, 2.05) is 6.92 Å². The summed E-state index contributed by atoms with van der Waals surface area (Å²) in [5, 5.41) is 0. The molecule has 4 nitrogen and oxygen atoms in total. The highest BCUT2D eigenvalue weighted by atomic mass is 16.5. The van der Waals surface area contributed by atoms with Gasteiger partial charge in [0, 0.05) is 0 Å². The van der Waals surface area contributed by atoms with E-state index in [4.69, 9.17) is 4.74 Å². The van der Waals surface area contributed by atoms with Crippen molar-refractivity contribution < 1.29 is 14.3 Å². The average Bonchev–Trinajstić information content (AvgIpc) is 2.10. The van der Waals surface area contributed by atoms with Crippen LogP contribution < -0.4 is 0 Å². The average molecular weight is 169 g/mol. The highest BCUT2D eigenvalue weighted by molar-refractivity contribution is 5.87. The lowest BCUT2D eigenvalue weighted by Gasteiger charge is -2.00. The van der Waals surface area contributed by atoms with Gasteiger partial charge in [-0.05, 0) is 13.3 Å². The van der Waals surface area contributed by atoms with E-state index in [1.54, 1.807) is 0 Å². The Morgan fingerprint density at radius 2 is 2.33 bits per heavy atom. The van der Waals surface area contributed by atoms with Crippen LogP contribution in [-0.4, -0.2) is 18.7 Å². The van der Waals surface area contributed by atoms with E-state index in [-0.39, 0.29) is 0 Å². The molecule has 0 aliphatic heterocycles. The normalized spacial score (nSPS) is 10.3. The Morgan fingerprint density at radius 1 is 1.67 bits per heavy atom. The molecule has 12 heavy (non-hydrogen) atoms. The molecule has 0 bridgehead atoms. The molecule has 0 saturated heterocycles. The van der Waals surface area contributed by atoms with Crippen molar-refractivity contribution in [3.63, 3.8) is 0 Å². The quantitative estimate of drug-likeness (QED) is 0.275. The van der Waals surface area contributed by atoms with Gasteiger partial charge in [0.05, 0.1) is 18.4 Å². The lowest BCUT2D eigenvalue weighted by atomic mass is 10.3. The fraction of sp³-hybridized carbons (Fsp3) is 0.500. The molecule has 0 spiro atoms. The fourth-order valence-electron chi connectivity index (χ4n) is 0.484. The molecule has 0 saturated carbocycles. The van der Waals surface area contributed by atoms with E-state index in [9.17, 15) is 9.59 Å². The first-order chi connectivity index (χ1) is 5.72. The predicted octanol–water partition coefficient (Wildman–Crippen LogP) is 1.18. The number of carbonyl (C=O) groups is 1. The number of hydrogen-bond donors (Lipinski definition) is 0. The summed E-state index contributed by atoms with van der Waals surface area (Å²) in [4.78, 5) is 23.7. The molecule has 0 aromatic rings. The van der Waals surface area contributed by atoms with Gasteiger partial charge in [0.15, 0.2) is 0 Å². The van der Waals surface area contributed by atoms with Crippen molar-refractivity contribution in [2.75, 3.05) is 6.61 Å². The number of esters is 1. The minimum absolute atomic E-state index is 0.298. The molecule has 0 aliphatic rings. The second-order valence-corrected chi connectivity index (χ2v) is 2.17. The van der Waals surface area contributed by atoms with Crippen LogP contribution in [0.4, 0.5) is 0 Å². The van der Waals surface area contributed by atoms with E-state index in [2.05, 4.69) is 4.99 Å². The Hall–Kier alpha value is -1.41. The molecule has 0 amide bonds. The summed E-state index contributed by atoms with van der Waals surface area (Å²) < 4.78 is 4.75. The maximum Gasteiger partial charge on any atom is 0.335 e. The molecular formula is C8H11NO3. The third kappa shape index (κ3) is 4.41. The maximum absolute atomic E-state index is 10.9. The largest absolute Gasteiger partial charge is 0.462 e. The summed E-state index contributed by atoms with van der Waals surface area (Å²) in [5.41, 5.74) is 0.298. The molecule has 0 atom stereocenters. The van der Waals surface area contributed by atoms with Crippen LogP contribution in [-0.2, 0) is 14.3 Å². The molecule has 0 aromatic carbocycles. The van der Waals surface area contributed by atoms with Gasteiger partial charge in [-0.2, -0.15) is 4.99 Å². The molecule has 0 N–H and O–H groups in total. The van der Waals surface area contributed by atoms with Crippen molar-refractivity contribution in [3.8, 4) is 0 Å². The van der Waals surface area contributed by atoms with Gasteiger partial charge >= 0.3 is 5.97 Å². The molecule has 0 fully saturated rings. The van der Waals surface area contributed by atoms with Gasteiger partial charge < -0.3 is 4.74 Å². The Bertz CT molecular complexity index is 226. The highest BCUT2D eigenvalue weighted by Crippen LogP contribution is 1.96. The zero-order valence-electron chi connectivity index (χ0n) is 7.16. The van der Waals surface area contributed by atoms with Crippen LogP contribution in [0, 0.1) is 0 Å². The van der Waals surface area contributed by atoms with Crippen molar-refractivity contribution in [1.82, 2.24) is 0 Å². The first-order valence-electron chi connectivity index (χ1n) is 3.63. The Labute approximate surface area is 70.9 Å². The Morgan fingerprint density at radius 3 is 2.83 bits per heavy atom. The van der Waals surface area contributed by atoms with Crippen LogP contribution in [0.1, 0.15) is 20.3 Å². The van der Waals surface area contributed by atoms with E-state index in [1.165, 1.54) is 13.0 Å². The smallest absolute Gasteiger partial charge is 0.335 e. The summed E-state index contributed by atoms with van der Waals surface area (Å²) in [5.74, 6) is -0.448. The third-order valence-corrected chi connectivity index (χ3v) is 1.07. The second-order valence-electron chi connectivity index (χ2n) is 2.17. The molecule has 0 unspecified atom stereocenters. The number of hydrogen-bond acceptors (Lipinski definition) is 4. The van der Waals surface area contributed by atoms with Gasteiger partial charge in [-0.1, -0.05) is 6.92 Å². The van der Waals surface area contributed by atoms with Crippen molar-refractivity contribution >= 4 is 12.0 Å². The number of rotatable bonds is 4. The van der Waals surface area contributed by atoms with Crippen LogP contribution in [0.2, 0.25) is 0 Å². The van der Waals surface area contributed by atoms with Crippen LogP contribution in [0.3, 0.4) is 0 Å². The summed E-state index contributed by atoms with van der Waals surface area (Å²) in [6.45, 7) is 3.81. The first-order valence-corrected chi connectivity index (χ1v) is 3.63. The predicted molar refractivity (Wildman–Crippen MR) is 43.1 cm³/mol. The van der Waals surface area contributed by atoms with Crippen LogP contribution in [0.5, 0.6) is 0 Å². The first kappa shape index (κ1) is 10.6. The number of carbonyl (C=O) groups excluding carboxylic acids is 2. The minimum Gasteiger partial charge on any atom is -0.462 e. The van der Waals surface area contributed by atoms with E-state index in [0.717, 1.165) is 12.6 Å². The topological polar surface area (TPSA) is 55.7 Å². The monoisotopic (exact) mass is 169 g/mol. The van der Waals surface area contributed by atoms with E-state index in [0.29, 0.717) is 12.2 Å². The summed E-state index contributed by atoms with van der Waals surface area (Å²) >= 11 is 0. The van der Waals surface area contributed by atoms with Gasteiger partial charge in [-0.25, -0.2) is 9.59 Å². The molecule has 0 heterocycles. The van der Waals surface area contributed by atoms with Crippen LogP contribution in [0.15, 0.2) is 16.8 Å². The number of aliphatic imine (C=N–C) groups is 1. The molecule has 66 valence electrons.